The molecule has 3 N–H and O–H groups in total. The lowest BCUT2D eigenvalue weighted by Gasteiger charge is -2.03. The van der Waals surface area contributed by atoms with Gasteiger partial charge in [-0.05, 0) is 24.6 Å². The summed E-state index contributed by atoms with van der Waals surface area (Å²) in [5.41, 5.74) is 9.61. The molecule has 0 aliphatic rings. The molecule has 0 spiro atoms. The average Bonchev–Trinajstić information content (AvgIpc) is 2.36. The number of nitrogen functional groups attached to an aromatic ring is 1. The Balaban J connectivity index is 2.15. The fraction of sp³-hybridized carbons (Fsp3) is 0.0833. The van der Waals surface area contributed by atoms with Gasteiger partial charge in [-0.3, -0.25) is 0 Å². The third-order valence-electron chi connectivity index (χ3n) is 2.30. The Morgan fingerprint density at radius 2 is 2.00 bits per heavy atom. The van der Waals surface area contributed by atoms with Crippen LogP contribution in [-0.4, -0.2) is 15.7 Å². The number of hydrogen-bond donors (Lipinski definition) is 2. The molecule has 0 saturated heterocycles. The molecule has 0 unspecified atom stereocenters. The summed E-state index contributed by atoms with van der Waals surface area (Å²) in [6.45, 7) is 1.77. The summed E-state index contributed by atoms with van der Waals surface area (Å²) in [7, 11) is 0. The molecule has 0 fully saturated rings. The fourth-order valence-electron chi connectivity index (χ4n) is 1.37. The zero-order valence-electron chi connectivity index (χ0n) is 10.1. The van der Waals surface area contributed by atoms with E-state index in [1.54, 1.807) is 19.1 Å². The van der Waals surface area contributed by atoms with Crippen LogP contribution in [0.2, 0.25) is 5.15 Å². The normalized spacial score (nSPS) is 11.4. The van der Waals surface area contributed by atoms with Gasteiger partial charge in [-0.1, -0.05) is 23.7 Å². The minimum Gasteiger partial charge on any atom is -0.383 e. The summed E-state index contributed by atoms with van der Waals surface area (Å²) in [5.74, 6) is 0.152. The highest BCUT2D eigenvalue weighted by atomic mass is 35.5. The summed E-state index contributed by atoms with van der Waals surface area (Å²) >= 11 is 5.74. The van der Waals surface area contributed by atoms with E-state index in [0.717, 1.165) is 5.56 Å². The molecule has 1 aromatic heterocycles. The van der Waals surface area contributed by atoms with E-state index >= 15 is 0 Å². The monoisotopic (exact) mass is 279 g/mol. The number of benzene rings is 1. The number of nitrogens with zero attached hydrogens (tertiary/aromatic N) is 3. The van der Waals surface area contributed by atoms with E-state index in [0.29, 0.717) is 5.71 Å². The summed E-state index contributed by atoms with van der Waals surface area (Å²) in [6.07, 6.45) is 0. The highest BCUT2D eigenvalue weighted by molar-refractivity contribution is 6.29. The zero-order valence-corrected chi connectivity index (χ0v) is 10.8. The third-order valence-corrected chi connectivity index (χ3v) is 2.49. The Morgan fingerprint density at radius 1 is 1.32 bits per heavy atom. The second-order valence-electron chi connectivity index (χ2n) is 3.76. The maximum atomic E-state index is 12.8. The molecule has 0 aliphatic carbocycles. The highest BCUT2D eigenvalue weighted by Crippen LogP contribution is 2.12. The van der Waals surface area contributed by atoms with Crippen LogP contribution in [0, 0.1) is 5.82 Å². The molecule has 0 radical (unpaired) electrons. The molecule has 7 heteroatoms. The van der Waals surface area contributed by atoms with E-state index in [1.807, 2.05) is 0 Å². The van der Waals surface area contributed by atoms with Crippen molar-refractivity contribution >= 4 is 29.1 Å². The average molecular weight is 280 g/mol. The molecule has 98 valence electrons. The Labute approximate surface area is 114 Å². The van der Waals surface area contributed by atoms with Gasteiger partial charge in [0.1, 0.15) is 16.8 Å². The Hall–Kier alpha value is -2.21. The van der Waals surface area contributed by atoms with Gasteiger partial charge in [0.15, 0.2) is 0 Å². The van der Waals surface area contributed by atoms with Gasteiger partial charge in [0.25, 0.3) is 0 Å². The van der Waals surface area contributed by atoms with Crippen LogP contribution in [0.15, 0.2) is 35.4 Å². The largest absolute Gasteiger partial charge is 0.383 e. The molecule has 0 amide bonds. The molecule has 5 nitrogen and oxygen atoms in total. The smallest absolute Gasteiger partial charge is 0.246 e. The number of hydrazone groups is 1. The maximum Gasteiger partial charge on any atom is 0.246 e. The summed E-state index contributed by atoms with van der Waals surface area (Å²) < 4.78 is 12.8. The molecule has 0 saturated carbocycles. The lowest BCUT2D eigenvalue weighted by molar-refractivity contribution is 0.628. The van der Waals surface area contributed by atoms with E-state index in [4.69, 9.17) is 17.3 Å². The van der Waals surface area contributed by atoms with Gasteiger partial charge in [-0.15, -0.1) is 0 Å². The molecule has 19 heavy (non-hydrogen) atoms. The molecule has 2 aromatic rings. The maximum absolute atomic E-state index is 12.8. The van der Waals surface area contributed by atoms with Gasteiger partial charge in [0.05, 0.1) is 5.71 Å². The van der Waals surface area contributed by atoms with Crippen molar-refractivity contribution in [3.8, 4) is 0 Å². The van der Waals surface area contributed by atoms with Gasteiger partial charge in [0, 0.05) is 6.07 Å². The van der Waals surface area contributed by atoms with Gasteiger partial charge in [-0.2, -0.15) is 15.1 Å². The second-order valence-corrected chi connectivity index (χ2v) is 4.14. The van der Waals surface area contributed by atoms with Crippen molar-refractivity contribution in [3.05, 3.63) is 46.9 Å². The summed E-state index contributed by atoms with van der Waals surface area (Å²) in [5, 5.41) is 4.31. The van der Waals surface area contributed by atoms with Crippen molar-refractivity contribution in [1.82, 2.24) is 9.97 Å². The lowest BCUT2D eigenvalue weighted by atomic mass is 10.1. The first-order valence-corrected chi connectivity index (χ1v) is 5.78. The molecule has 1 aromatic carbocycles. The molecule has 0 bridgehead atoms. The third kappa shape index (κ3) is 3.62. The predicted octanol–water partition coefficient (Wildman–Crippen LogP) is 2.69. The molecule has 0 aliphatic heterocycles. The molecule has 0 atom stereocenters. The number of halogens is 2. The van der Waals surface area contributed by atoms with E-state index < -0.39 is 0 Å². The van der Waals surface area contributed by atoms with Crippen LogP contribution in [0.25, 0.3) is 0 Å². The molecule has 1 heterocycles. The van der Waals surface area contributed by atoms with E-state index in [2.05, 4.69) is 20.5 Å². The van der Waals surface area contributed by atoms with E-state index in [9.17, 15) is 4.39 Å². The number of nitrogens with one attached hydrogen (secondary N) is 1. The molecule has 2 rings (SSSR count). The number of hydrogen-bond acceptors (Lipinski definition) is 5. The quantitative estimate of drug-likeness (QED) is 0.514. The van der Waals surface area contributed by atoms with Gasteiger partial charge >= 0.3 is 0 Å². The van der Waals surface area contributed by atoms with E-state index in [-0.39, 0.29) is 22.7 Å². The van der Waals surface area contributed by atoms with Crippen molar-refractivity contribution in [2.24, 2.45) is 5.10 Å². The first kappa shape index (κ1) is 13.2. The van der Waals surface area contributed by atoms with Crippen LogP contribution in [0.4, 0.5) is 16.2 Å². The highest BCUT2D eigenvalue weighted by Gasteiger charge is 2.01. The predicted molar refractivity (Wildman–Crippen MR) is 73.7 cm³/mol. The lowest BCUT2D eigenvalue weighted by Crippen LogP contribution is -2.04. The summed E-state index contributed by atoms with van der Waals surface area (Å²) in [6, 6.07) is 7.42. The minimum atomic E-state index is -0.296. The number of anilines is 2. The Kier molecular flexibility index (Phi) is 3.91. The Bertz CT molecular complexity index is 592. The van der Waals surface area contributed by atoms with Crippen molar-refractivity contribution in [3.63, 3.8) is 0 Å². The SMILES string of the molecule is C/C(=N/Nc1nc(N)cc(Cl)n1)c1ccc(F)cc1. The van der Waals surface area contributed by atoms with Crippen LogP contribution in [0.5, 0.6) is 0 Å². The van der Waals surface area contributed by atoms with Crippen molar-refractivity contribution in [1.29, 1.82) is 0 Å². The number of rotatable bonds is 3. The van der Waals surface area contributed by atoms with Crippen LogP contribution in [0.1, 0.15) is 12.5 Å². The van der Waals surface area contributed by atoms with Gasteiger partial charge in [-0.25, -0.2) is 9.82 Å². The molecular formula is C12H11ClFN5. The first-order valence-electron chi connectivity index (χ1n) is 5.41. The minimum absolute atomic E-state index is 0.200. The van der Waals surface area contributed by atoms with Gasteiger partial charge < -0.3 is 5.73 Å². The first-order chi connectivity index (χ1) is 9.04. The number of aromatic nitrogens is 2. The van der Waals surface area contributed by atoms with Crippen molar-refractivity contribution in [2.75, 3.05) is 11.2 Å². The summed E-state index contributed by atoms with van der Waals surface area (Å²) in [4.78, 5) is 7.83. The van der Waals surface area contributed by atoms with Crippen LogP contribution >= 0.6 is 11.6 Å². The Morgan fingerprint density at radius 3 is 2.63 bits per heavy atom. The van der Waals surface area contributed by atoms with Crippen molar-refractivity contribution < 1.29 is 4.39 Å². The van der Waals surface area contributed by atoms with Gasteiger partial charge in [0.2, 0.25) is 5.95 Å². The fourth-order valence-corrected chi connectivity index (χ4v) is 1.57. The van der Waals surface area contributed by atoms with Crippen LogP contribution < -0.4 is 11.2 Å². The molecular weight excluding hydrogens is 269 g/mol. The number of nitrogens with two attached hydrogens (primary N) is 1. The zero-order chi connectivity index (χ0) is 13.8. The van der Waals surface area contributed by atoms with Crippen molar-refractivity contribution in [2.45, 2.75) is 6.92 Å². The second kappa shape index (κ2) is 5.62. The van der Waals surface area contributed by atoms with Crippen LogP contribution in [-0.2, 0) is 0 Å². The van der Waals surface area contributed by atoms with Crippen LogP contribution in [0.3, 0.4) is 0 Å². The topological polar surface area (TPSA) is 76.2 Å². The van der Waals surface area contributed by atoms with E-state index in [1.165, 1.54) is 18.2 Å². The standard InChI is InChI=1S/C12H11ClFN5/c1-7(8-2-4-9(14)5-3-8)18-19-12-16-10(13)6-11(15)17-12/h2-6H,1H3,(H3,15,16,17,19)/b18-7-.